The number of carbonyl (C=O) groups is 2. The summed E-state index contributed by atoms with van der Waals surface area (Å²) in [5.74, 6) is 1.62. The summed E-state index contributed by atoms with van der Waals surface area (Å²) >= 11 is 1.51. The van der Waals surface area contributed by atoms with E-state index in [0.717, 1.165) is 16.9 Å². The molecule has 212 valence electrons. The Labute approximate surface area is 238 Å². The third kappa shape index (κ3) is 6.41. The van der Waals surface area contributed by atoms with Crippen molar-refractivity contribution < 1.29 is 23.8 Å². The summed E-state index contributed by atoms with van der Waals surface area (Å²) in [5.41, 5.74) is 2.65. The molecule has 11 heteroatoms. The molecule has 2 aromatic carbocycles. The van der Waals surface area contributed by atoms with Gasteiger partial charge in [-0.3, -0.25) is 4.79 Å². The van der Waals surface area contributed by atoms with Crippen molar-refractivity contribution in [2.24, 2.45) is 0 Å². The van der Waals surface area contributed by atoms with Crippen LogP contribution in [-0.4, -0.2) is 64.1 Å². The SMILES string of the molecule is CCSc1nc2n(n1)C(c1ccc(OCC(=O)N(CC)CC)c(OC)c1)C(C(=O)OCc1ccccc1)=C(C)N2. The predicted octanol–water partition coefficient (Wildman–Crippen LogP) is 4.68. The molecule has 1 amide bonds. The molecule has 0 saturated heterocycles. The number of esters is 1. The zero-order chi connectivity index (χ0) is 28.6. The van der Waals surface area contributed by atoms with Gasteiger partial charge in [-0.05, 0) is 49.8 Å². The van der Waals surface area contributed by atoms with Crippen LogP contribution in [0.4, 0.5) is 5.95 Å². The summed E-state index contributed by atoms with van der Waals surface area (Å²) in [6, 6.07) is 14.3. The minimum atomic E-state index is -0.626. The van der Waals surface area contributed by atoms with E-state index < -0.39 is 12.0 Å². The van der Waals surface area contributed by atoms with Gasteiger partial charge in [0.1, 0.15) is 12.6 Å². The second-order valence-electron chi connectivity index (χ2n) is 8.99. The molecule has 0 fully saturated rings. The van der Waals surface area contributed by atoms with E-state index in [9.17, 15) is 9.59 Å². The van der Waals surface area contributed by atoms with Crippen molar-refractivity contribution >= 4 is 29.6 Å². The molecule has 0 spiro atoms. The van der Waals surface area contributed by atoms with Crippen LogP contribution < -0.4 is 14.8 Å². The quantitative estimate of drug-likeness (QED) is 0.247. The molecule has 0 radical (unpaired) electrons. The first-order valence-corrected chi connectivity index (χ1v) is 14.2. The molecule has 1 aliphatic heterocycles. The van der Waals surface area contributed by atoms with Crippen LogP contribution >= 0.6 is 11.8 Å². The van der Waals surface area contributed by atoms with E-state index in [1.807, 2.05) is 64.1 Å². The third-order valence-corrected chi connectivity index (χ3v) is 7.23. The highest BCUT2D eigenvalue weighted by Crippen LogP contribution is 2.40. The molecule has 3 aromatic rings. The molecule has 2 heterocycles. The van der Waals surface area contributed by atoms with Crippen LogP contribution in [0.25, 0.3) is 0 Å². The summed E-state index contributed by atoms with van der Waals surface area (Å²) in [7, 11) is 1.54. The van der Waals surface area contributed by atoms with Gasteiger partial charge in [0, 0.05) is 18.8 Å². The number of ether oxygens (including phenoxy) is 3. The number of methoxy groups -OCH3 is 1. The van der Waals surface area contributed by atoms with Crippen molar-refractivity contribution in [2.45, 2.75) is 45.5 Å². The van der Waals surface area contributed by atoms with Crippen LogP contribution in [0.3, 0.4) is 0 Å². The molecule has 1 aliphatic rings. The van der Waals surface area contributed by atoms with Crippen LogP contribution in [-0.2, 0) is 20.9 Å². The maximum Gasteiger partial charge on any atom is 0.338 e. The topological polar surface area (TPSA) is 108 Å². The normalized spacial score (nSPS) is 14.3. The maximum absolute atomic E-state index is 13.5. The van der Waals surface area contributed by atoms with E-state index in [4.69, 9.17) is 19.3 Å². The number of carbonyl (C=O) groups excluding carboxylic acids is 2. The number of thioether (sulfide) groups is 1. The summed E-state index contributed by atoms with van der Waals surface area (Å²) in [4.78, 5) is 32.3. The van der Waals surface area contributed by atoms with Crippen molar-refractivity contribution in [1.29, 1.82) is 0 Å². The number of nitrogens with one attached hydrogen (secondary N) is 1. The van der Waals surface area contributed by atoms with Crippen molar-refractivity contribution in [3.63, 3.8) is 0 Å². The Morgan fingerprint density at radius 2 is 1.82 bits per heavy atom. The number of anilines is 1. The number of fused-ring (bicyclic) bond motifs is 1. The van der Waals surface area contributed by atoms with Gasteiger partial charge in [0.15, 0.2) is 18.1 Å². The Bertz CT molecular complexity index is 1370. The second-order valence-corrected chi connectivity index (χ2v) is 10.2. The Kier molecular flexibility index (Phi) is 9.70. The maximum atomic E-state index is 13.5. The predicted molar refractivity (Wildman–Crippen MR) is 154 cm³/mol. The molecule has 1 N–H and O–H groups in total. The first-order chi connectivity index (χ1) is 19.4. The van der Waals surface area contributed by atoms with Gasteiger partial charge in [0.2, 0.25) is 11.1 Å². The minimum Gasteiger partial charge on any atom is -0.493 e. The molecule has 0 saturated carbocycles. The Morgan fingerprint density at radius 1 is 1.07 bits per heavy atom. The fourth-order valence-electron chi connectivity index (χ4n) is 4.48. The smallest absolute Gasteiger partial charge is 0.338 e. The number of likely N-dealkylation sites (N-methyl/N-ethyl adjacent to an activating group) is 1. The molecule has 4 rings (SSSR count). The highest BCUT2D eigenvalue weighted by Gasteiger charge is 2.36. The number of rotatable bonds is 12. The number of hydrogen-bond donors (Lipinski definition) is 1. The van der Waals surface area contributed by atoms with Crippen LogP contribution in [0.2, 0.25) is 0 Å². The minimum absolute atomic E-state index is 0.106. The second kappa shape index (κ2) is 13.4. The van der Waals surface area contributed by atoms with Crippen molar-refractivity contribution in [3.8, 4) is 11.5 Å². The number of allylic oxidation sites excluding steroid dienone is 1. The highest BCUT2D eigenvalue weighted by molar-refractivity contribution is 7.99. The van der Waals surface area contributed by atoms with Crippen LogP contribution in [0.1, 0.15) is 44.9 Å². The van der Waals surface area contributed by atoms with Gasteiger partial charge in [-0.2, -0.15) is 4.98 Å². The zero-order valence-electron chi connectivity index (χ0n) is 23.5. The lowest BCUT2D eigenvalue weighted by Gasteiger charge is -2.28. The van der Waals surface area contributed by atoms with Gasteiger partial charge in [0.25, 0.3) is 5.91 Å². The fraction of sp³-hybridized carbons (Fsp3) is 0.379. The molecule has 0 bridgehead atoms. The first-order valence-electron chi connectivity index (χ1n) is 13.3. The number of amides is 1. The van der Waals surface area contributed by atoms with Gasteiger partial charge < -0.3 is 24.4 Å². The lowest BCUT2D eigenvalue weighted by molar-refractivity contribution is -0.141. The Morgan fingerprint density at radius 3 is 2.50 bits per heavy atom. The number of aromatic nitrogens is 3. The summed E-state index contributed by atoms with van der Waals surface area (Å²) < 4.78 is 18.9. The summed E-state index contributed by atoms with van der Waals surface area (Å²) in [6.07, 6.45) is 0. The molecule has 10 nitrogen and oxygen atoms in total. The van der Waals surface area contributed by atoms with Crippen molar-refractivity contribution in [1.82, 2.24) is 19.7 Å². The molecule has 40 heavy (non-hydrogen) atoms. The molecule has 1 atom stereocenters. The van der Waals surface area contributed by atoms with Gasteiger partial charge in [-0.1, -0.05) is 55.1 Å². The summed E-state index contributed by atoms with van der Waals surface area (Å²) in [5, 5.41) is 8.52. The van der Waals surface area contributed by atoms with E-state index in [0.29, 0.717) is 47.0 Å². The molecular formula is C29H35N5O5S. The van der Waals surface area contributed by atoms with Gasteiger partial charge >= 0.3 is 5.97 Å². The van der Waals surface area contributed by atoms with E-state index in [2.05, 4.69) is 10.3 Å². The average molecular weight is 566 g/mol. The van der Waals surface area contributed by atoms with Crippen molar-refractivity contribution in [3.05, 3.63) is 70.9 Å². The fourth-order valence-corrected chi connectivity index (χ4v) is 5.03. The lowest BCUT2D eigenvalue weighted by Crippen LogP contribution is -2.34. The summed E-state index contributed by atoms with van der Waals surface area (Å²) in [6.45, 7) is 8.96. The lowest BCUT2D eigenvalue weighted by atomic mass is 9.95. The van der Waals surface area contributed by atoms with E-state index in [1.165, 1.54) is 18.9 Å². The van der Waals surface area contributed by atoms with Gasteiger partial charge in [-0.25, -0.2) is 9.48 Å². The largest absolute Gasteiger partial charge is 0.493 e. The highest BCUT2D eigenvalue weighted by atomic mass is 32.2. The average Bonchev–Trinajstić information content (AvgIpc) is 3.37. The van der Waals surface area contributed by atoms with Gasteiger partial charge in [0.05, 0.1) is 12.7 Å². The Hall–Kier alpha value is -3.99. The van der Waals surface area contributed by atoms with Crippen LogP contribution in [0.5, 0.6) is 11.5 Å². The van der Waals surface area contributed by atoms with Crippen LogP contribution in [0, 0.1) is 0 Å². The van der Waals surface area contributed by atoms with Crippen molar-refractivity contribution in [2.75, 3.05) is 37.9 Å². The third-order valence-electron chi connectivity index (χ3n) is 6.51. The molecule has 1 unspecified atom stereocenters. The number of hydrogen-bond acceptors (Lipinski definition) is 9. The van der Waals surface area contributed by atoms with E-state index in [1.54, 1.807) is 21.7 Å². The van der Waals surface area contributed by atoms with E-state index >= 15 is 0 Å². The zero-order valence-corrected chi connectivity index (χ0v) is 24.3. The monoisotopic (exact) mass is 565 g/mol. The van der Waals surface area contributed by atoms with E-state index in [-0.39, 0.29) is 19.1 Å². The first kappa shape index (κ1) is 29.0. The standard InChI is InChI=1S/C29H35N5O5S/c1-6-33(7-2)24(35)18-38-22-15-14-21(16-23(22)37-5)26-25(27(36)39-17-20-12-10-9-11-13-20)19(4)30-28-31-29(40-8-3)32-34(26)28/h9-16,26H,6-8,17-18H2,1-5H3,(H,30,31,32). The van der Waals surface area contributed by atoms with Crippen LogP contribution in [0.15, 0.2) is 65.0 Å². The van der Waals surface area contributed by atoms with Gasteiger partial charge in [-0.15, -0.1) is 5.10 Å². The Balaban J connectivity index is 1.67. The molecular weight excluding hydrogens is 530 g/mol. The number of nitrogens with zero attached hydrogens (tertiary/aromatic N) is 4. The number of benzene rings is 2. The molecule has 1 aromatic heterocycles. The molecule has 0 aliphatic carbocycles.